The number of ether oxygens (including phenoxy) is 1. The fourth-order valence-corrected chi connectivity index (χ4v) is 1.42. The average molecular weight is 194 g/mol. The van der Waals surface area contributed by atoms with Gasteiger partial charge in [0.2, 0.25) is 0 Å². The van der Waals surface area contributed by atoms with Crippen LogP contribution in [0.3, 0.4) is 0 Å². The number of cyclic esters (lactones) is 1. The minimum Gasteiger partial charge on any atom is -0.462 e. The monoisotopic (exact) mass is 194 g/mol. The molecule has 1 aliphatic heterocycles. The van der Waals surface area contributed by atoms with Gasteiger partial charge in [-0.3, -0.25) is 4.79 Å². The van der Waals surface area contributed by atoms with Gasteiger partial charge in [-0.15, -0.1) is 0 Å². The van der Waals surface area contributed by atoms with Crippen LogP contribution in [-0.2, 0) is 9.53 Å². The first-order valence-corrected chi connectivity index (χ1v) is 5.14. The molecule has 0 aromatic rings. The third-order valence-corrected chi connectivity index (χ3v) is 2.29. The van der Waals surface area contributed by atoms with Crippen LogP contribution >= 0.6 is 0 Å². The maximum absolute atomic E-state index is 10.9. The van der Waals surface area contributed by atoms with Crippen molar-refractivity contribution in [1.29, 1.82) is 0 Å². The molecule has 2 nitrogen and oxygen atoms in total. The number of hydrogen-bond donors (Lipinski definition) is 0. The minimum atomic E-state index is -0.0833. The van der Waals surface area contributed by atoms with E-state index in [1.165, 1.54) is 0 Å². The first kappa shape index (κ1) is 11.0. The van der Waals surface area contributed by atoms with Crippen molar-refractivity contribution in [2.24, 2.45) is 11.8 Å². The highest BCUT2D eigenvalue weighted by atomic mass is 16.5. The number of esters is 1. The summed E-state index contributed by atoms with van der Waals surface area (Å²) in [5.41, 5.74) is 0. The van der Waals surface area contributed by atoms with Crippen LogP contribution in [0.1, 0.15) is 27.2 Å². The molecular formula is C12H18O2. The summed E-state index contributed by atoms with van der Waals surface area (Å²) in [6.45, 7) is 6.20. The highest BCUT2D eigenvalue weighted by molar-refractivity contribution is 5.72. The van der Waals surface area contributed by atoms with Gasteiger partial charge in [-0.25, -0.2) is 0 Å². The van der Waals surface area contributed by atoms with E-state index in [4.69, 9.17) is 4.74 Å². The second kappa shape index (κ2) is 4.99. The molecule has 1 heterocycles. The van der Waals surface area contributed by atoms with Crippen molar-refractivity contribution in [2.75, 3.05) is 0 Å². The van der Waals surface area contributed by atoms with Crippen molar-refractivity contribution in [3.8, 4) is 0 Å². The predicted octanol–water partition coefficient (Wildman–Crippen LogP) is 2.71. The van der Waals surface area contributed by atoms with Crippen LogP contribution in [0.5, 0.6) is 0 Å². The van der Waals surface area contributed by atoms with Crippen molar-refractivity contribution in [3.05, 3.63) is 24.3 Å². The van der Waals surface area contributed by atoms with Crippen LogP contribution in [0.15, 0.2) is 24.3 Å². The Balaban J connectivity index is 2.40. The molecule has 78 valence electrons. The molecule has 0 N–H and O–H groups in total. The molecule has 0 bridgehead atoms. The van der Waals surface area contributed by atoms with Crippen molar-refractivity contribution >= 4 is 5.97 Å². The van der Waals surface area contributed by atoms with Crippen molar-refractivity contribution in [1.82, 2.24) is 0 Å². The van der Waals surface area contributed by atoms with Gasteiger partial charge in [0.05, 0.1) is 6.42 Å². The number of hydrogen-bond acceptors (Lipinski definition) is 2. The van der Waals surface area contributed by atoms with Crippen molar-refractivity contribution < 1.29 is 9.53 Å². The van der Waals surface area contributed by atoms with Crippen LogP contribution in [0.4, 0.5) is 0 Å². The molecule has 0 aliphatic carbocycles. The van der Waals surface area contributed by atoms with E-state index in [0.29, 0.717) is 12.3 Å². The number of rotatable bonds is 3. The first-order valence-electron chi connectivity index (χ1n) is 5.14. The molecule has 2 heteroatoms. The van der Waals surface area contributed by atoms with E-state index in [2.05, 4.69) is 26.0 Å². The number of allylic oxidation sites excluding steroid dienone is 3. The standard InChI is InChI=1S/C12H18O2/c1-9(2)6-4-5-7-11-8-12(13)14-10(11)3/h4-7,9-11H,8H2,1-3H3/b6-4+,7-5+/t10-,11-/m0/s1. The van der Waals surface area contributed by atoms with Crippen LogP contribution in [0.2, 0.25) is 0 Å². The Morgan fingerprint density at radius 2 is 2.14 bits per heavy atom. The Hall–Kier alpha value is -1.05. The van der Waals surface area contributed by atoms with E-state index in [1.54, 1.807) is 0 Å². The zero-order chi connectivity index (χ0) is 10.6. The van der Waals surface area contributed by atoms with Crippen LogP contribution in [0.25, 0.3) is 0 Å². The molecule has 1 fully saturated rings. The maximum atomic E-state index is 10.9. The molecule has 0 saturated carbocycles. The largest absolute Gasteiger partial charge is 0.462 e. The topological polar surface area (TPSA) is 26.3 Å². The molecule has 0 radical (unpaired) electrons. The molecule has 0 unspecified atom stereocenters. The summed E-state index contributed by atoms with van der Waals surface area (Å²) < 4.78 is 5.04. The van der Waals surface area contributed by atoms with Gasteiger partial charge >= 0.3 is 5.97 Å². The molecule has 1 rings (SSSR count). The molecular weight excluding hydrogens is 176 g/mol. The summed E-state index contributed by atoms with van der Waals surface area (Å²) in [6.07, 6.45) is 8.76. The zero-order valence-electron chi connectivity index (χ0n) is 9.07. The molecule has 0 aromatic carbocycles. The van der Waals surface area contributed by atoms with E-state index in [-0.39, 0.29) is 18.0 Å². The molecule has 2 atom stereocenters. The lowest BCUT2D eigenvalue weighted by molar-refractivity contribution is -0.140. The quantitative estimate of drug-likeness (QED) is 0.510. The average Bonchev–Trinajstić information content (AvgIpc) is 2.39. The predicted molar refractivity (Wildman–Crippen MR) is 56.8 cm³/mol. The summed E-state index contributed by atoms with van der Waals surface area (Å²) in [4.78, 5) is 10.9. The van der Waals surface area contributed by atoms with E-state index in [0.717, 1.165) is 0 Å². The van der Waals surface area contributed by atoms with Gasteiger partial charge in [0.15, 0.2) is 0 Å². The van der Waals surface area contributed by atoms with Crippen LogP contribution in [-0.4, -0.2) is 12.1 Å². The van der Waals surface area contributed by atoms with Gasteiger partial charge in [0.25, 0.3) is 0 Å². The Morgan fingerprint density at radius 3 is 2.64 bits per heavy atom. The fourth-order valence-electron chi connectivity index (χ4n) is 1.42. The van der Waals surface area contributed by atoms with Gasteiger partial charge in [0, 0.05) is 5.92 Å². The van der Waals surface area contributed by atoms with Gasteiger partial charge in [0.1, 0.15) is 6.10 Å². The fraction of sp³-hybridized carbons (Fsp3) is 0.583. The SMILES string of the molecule is CC(C)/C=C/C=C/[C@H]1CC(=O)O[C@H]1C. The minimum absolute atomic E-state index is 0.0335. The molecule has 0 spiro atoms. The summed E-state index contributed by atoms with van der Waals surface area (Å²) in [7, 11) is 0. The van der Waals surface area contributed by atoms with E-state index in [9.17, 15) is 4.79 Å². The first-order chi connectivity index (χ1) is 6.59. The van der Waals surface area contributed by atoms with E-state index < -0.39 is 0 Å². The Bertz CT molecular complexity index is 251. The van der Waals surface area contributed by atoms with Crippen molar-refractivity contribution in [3.63, 3.8) is 0 Å². The molecule has 0 aromatic heterocycles. The lowest BCUT2D eigenvalue weighted by Gasteiger charge is -2.06. The van der Waals surface area contributed by atoms with E-state index >= 15 is 0 Å². The number of carbonyl (C=O) groups excluding carboxylic acids is 1. The second-order valence-electron chi connectivity index (χ2n) is 4.08. The van der Waals surface area contributed by atoms with E-state index in [1.807, 2.05) is 19.1 Å². The smallest absolute Gasteiger partial charge is 0.306 e. The maximum Gasteiger partial charge on any atom is 0.306 e. The third-order valence-electron chi connectivity index (χ3n) is 2.29. The lowest BCUT2D eigenvalue weighted by atomic mass is 10.0. The summed E-state index contributed by atoms with van der Waals surface area (Å²) in [5, 5.41) is 0. The number of carbonyl (C=O) groups is 1. The highest BCUT2D eigenvalue weighted by Gasteiger charge is 2.28. The highest BCUT2D eigenvalue weighted by Crippen LogP contribution is 2.22. The Labute approximate surface area is 85.6 Å². The zero-order valence-corrected chi connectivity index (χ0v) is 9.07. The molecule has 14 heavy (non-hydrogen) atoms. The second-order valence-corrected chi connectivity index (χ2v) is 4.08. The lowest BCUT2D eigenvalue weighted by Crippen LogP contribution is -2.07. The van der Waals surface area contributed by atoms with Gasteiger partial charge < -0.3 is 4.74 Å². The van der Waals surface area contributed by atoms with Crippen molar-refractivity contribution in [2.45, 2.75) is 33.3 Å². The Kier molecular flexibility index (Phi) is 3.93. The van der Waals surface area contributed by atoms with Gasteiger partial charge in [-0.1, -0.05) is 38.2 Å². The Morgan fingerprint density at radius 1 is 1.43 bits per heavy atom. The molecule has 0 amide bonds. The summed E-state index contributed by atoms with van der Waals surface area (Å²) >= 11 is 0. The normalized spacial score (nSPS) is 28.1. The molecule has 1 saturated heterocycles. The van der Waals surface area contributed by atoms with Gasteiger partial charge in [-0.2, -0.15) is 0 Å². The molecule has 1 aliphatic rings. The summed E-state index contributed by atoms with van der Waals surface area (Å²) in [6, 6.07) is 0. The van der Waals surface area contributed by atoms with Crippen LogP contribution < -0.4 is 0 Å². The van der Waals surface area contributed by atoms with Crippen LogP contribution in [0, 0.1) is 11.8 Å². The van der Waals surface area contributed by atoms with Gasteiger partial charge in [-0.05, 0) is 12.8 Å². The third kappa shape index (κ3) is 3.36. The summed E-state index contributed by atoms with van der Waals surface area (Å²) in [5.74, 6) is 0.734.